The Kier molecular flexibility index (Phi) is 15.2. The maximum Gasteiger partial charge on any atom is 0.304 e. The molecule has 0 aliphatic carbocycles. The molecule has 0 fully saturated rings. The normalized spacial score (nSPS) is 8.62. The van der Waals surface area contributed by atoms with Crippen LogP contribution in [0, 0.1) is 0 Å². The molecule has 0 atom stereocenters. The van der Waals surface area contributed by atoms with E-state index in [1.54, 1.807) is 0 Å². The lowest BCUT2D eigenvalue weighted by molar-refractivity contribution is 0.352. The summed E-state index contributed by atoms with van der Waals surface area (Å²) in [7, 11) is -4.93. The zero-order chi connectivity index (χ0) is 11.7. The lowest BCUT2D eigenvalue weighted by Gasteiger charge is -2.06. The van der Waals surface area contributed by atoms with Gasteiger partial charge in [-0.05, 0) is 0 Å². The van der Waals surface area contributed by atoms with Crippen LogP contribution in [0.15, 0.2) is 0 Å². The fourth-order valence-electron chi connectivity index (χ4n) is 0. The molecule has 0 heterocycles. The van der Waals surface area contributed by atoms with Gasteiger partial charge in [0.25, 0.3) is 0 Å². The molecular formula is C6H18O4SSi2. The van der Waals surface area contributed by atoms with E-state index in [0.29, 0.717) is 0 Å². The maximum absolute atomic E-state index is 8.52. The molecule has 0 saturated heterocycles. The minimum atomic E-state index is -5.17. The van der Waals surface area contributed by atoms with Crippen LogP contribution in [-0.4, -0.2) is 35.1 Å². The van der Waals surface area contributed by atoms with Gasteiger partial charge in [0.15, 0.2) is 0 Å². The molecule has 0 spiro atoms. The van der Waals surface area contributed by atoms with Crippen molar-refractivity contribution in [3.8, 4) is 0 Å². The standard InChI is InChI=1S/2C3H9Si.H2O4S/c2*1-4(2)3;1-5(2,3)4/h2*1-3H3;(H2,1,2,3,4)/q2*+1;/p-2. The van der Waals surface area contributed by atoms with Gasteiger partial charge in [-0.25, -0.2) is 0 Å². The third-order valence-corrected chi connectivity index (χ3v) is 0. The van der Waals surface area contributed by atoms with Crippen LogP contribution in [-0.2, 0) is 10.4 Å². The van der Waals surface area contributed by atoms with E-state index in [2.05, 4.69) is 39.3 Å². The van der Waals surface area contributed by atoms with E-state index >= 15 is 0 Å². The van der Waals surface area contributed by atoms with Crippen molar-refractivity contribution in [3.05, 3.63) is 0 Å². The first-order valence-corrected chi connectivity index (χ1v) is 11.0. The third-order valence-electron chi connectivity index (χ3n) is 0. The second-order valence-electron chi connectivity index (χ2n) is 3.41. The predicted octanol–water partition coefficient (Wildman–Crippen LogP) is 1.40. The second-order valence-corrected chi connectivity index (χ2v) is 10.2. The van der Waals surface area contributed by atoms with Crippen LogP contribution in [0.1, 0.15) is 0 Å². The highest BCUT2D eigenvalue weighted by atomic mass is 32.3. The van der Waals surface area contributed by atoms with Crippen molar-refractivity contribution in [3.63, 3.8) is 0 Å². The first kappa shape index (κ1) is 19.0. The maximum atomic E-state index is 8.52. The summed E-state index contributed by atoms with van der Waals surface area (Å²) in [6.45, 7) is 13.6. The Morgan fingerprint density at radius 3 is 0.769 bits per heavy atom. The SMILES string of the molecule is C[Si+](C)C.C[Si+](C)C.O=S(=O)([O-])[O-]. The van der Waals surface area contributed by atoms with E-state index in [4.69, 9.17) is 17.5 Å². The van der Waals surface area contributed by atoms with Crippen LogP contribution >= 0.6 is 0 Å². The first-order chi connectivity index (χ1) is 5.46. The van der Waals surface area contributed by atoms with Crippen molar-refractivity contribution in [2.45, 2.75) is 39.3 Å². The molecule has 80 valence electrons. The Hall–Kier alpha value is 0.304. The van der Waals surface area contributed by atoms with E-state index < -0.39 is 10.4 Å². The molecule has 7 heteroatoms. The average Bonchev–Trinajstić information content (AvgIpc) is 1.50. The van der Waals surface area contributed by atoms with Gasteiger partial charge >= 0.3 is 17.6 Å². The molecule has 0 bridgehead atoms. The average molecular weight is 242 g/mol. The molecule has 0 rings (SSSR count). The highest BCUT2D eigenvalue weighted by Crippen LogP contribution is 1.68. The van der Waals surface area contributed by atoms with E-state index in [1.807, 2.05) is 0 Å². The minimum Gasteiger partial charge on any atom is -0.759 e. The van der Waals surface area contributed by atoms with E-state index in [0.717, 1.165) is 0 Å². The van der Waals surface area contributed by atoms with Gasteiger partial charge in [-0.15, -0.1) is 0 Å². The van der Waals surface area contributed by atoms with Gasteiger partial charge in [-0.1, -0.05) is 0 Å². The van der Waals surface area contributed by atoms with E-state index in [9.17, 15) is 0 Å². The molecule has 0 radical (unpaired) electrons. The monoisotopic (exact) mass is 242 g/mol. The van der Waals surface area contributed by atoms with Gasteiger partial charge in [0.1, 0.15) is 0 Å². The highest BCUT2D eigenvalue weighted by Gasteiger charge is 1.92. The van der Waals surface area contributed by atoms with Crippen molar-refractivity contribution in [1.82, 2.24) is 0 Å². The lowest BCUT2D eigenvalue weighted by Crippen LogP contribution is -1.91. The zero-order valence-electron chi connectivity index (χ0n) is 9.04. The summed E-state index contributed by atoms with van der Waals surface area (Å²) in [6.07, 6.45) is 0. The molecule has 0 aromatic carbocycles. The second kappa shape index (κ2) is 10.4. The van der Waals surface area contributed by atoms with Crippen LogP contribution in [0.4, 0.5) is 0 Å². The fourth-order valence-corrected chi connectivity index (χ4v) is 0. The Bertz CT molecular complexity index is 158. The molecule has 13 heavy (non-hydrogen) atoms. The summed E-state index contributed by atoms with van der Waals surface area (Å²) in [5.74, 6) is 0. The smallest absolute Gasteiger partial charge is 0.304 e. The van der Waals surface area contributed by atoms with Gasteiger partial charge in [0, 0.05) is 10.4 Å². The summed E-state index contributed by atoms with van der Waals surface area (Å²) in [5, 5.41) is 0. The number of hydrogen-bond donors (Lipinski definition) is 0. The van der Waals surface area contributed by atoms with Crippen LogP contribution in [0.2, 0.25) is 39.3 Å². The molecule has 0 amide bonds. The summed E-state index contributed by atoms with van der Waals surface area (Å²) in [6, 6.07) is 0. The molecule has 0 unspecified atom stereocenters. The van der Waals surface area contributed by atoms with Gasteiger partial charge in [0.2, 0.25) is 0 Å². The molecular weight excluding hydrogens is 224 g/mol. The van der Waals surface area contributed by atoms with Gasteiger partial charge in [-0.2, -0.15) is 0 Å². The van der Waals surface area contributed by atoms with Crippen molar-refractivity contribution < 1.29 is 17.5 Å². The zero-order valence-corrected chi connectivity index (χ0v) is 11.9. The Morgan fingerprint density at radius 2 is 0.769 bits per heavy atom. The predicted molar refractivity (Wildman–Crippen MR) is 57.2 cm³/mol. The van der Waals surface area contributed by atoms with Crippen LogP contribution < -0.4 is 0 Å². The summed E-state index contributed by atoms with van der Waals surface area (Å²) < 4.78 is 34.1. The quantitative estimate of drug-likeness (QED) is 0.365. The molecule has 0 aliphatic heterocycles. The highest BCUT2D eigenvalue weighted by molar-refractivity contribution is 7.79. The largest absolute Gasteiger partial charge is 0.759 e. The van der Waals surface area contributed by atoms with E-state index in [1.165, 1.54) is 0 Å². The molecule has 0 aliphatic rings. The number of hydrogen-bond acceptors (Lipinski definition) is 4. The summed E-state index contributed by atoms with van der Waals surface area (Å²) in [4.78, 5) is 0. The van der Waals surface area contributed by atoms with Gasteiger partial charge in [0.05, 0.1) is 39.3 Å². The van der Waals surface area contributed by atoms with Crippen LogP contribution in [0.25, 0.3) is 0 Å². The summed E-state index contributed by atoms with van der Waals surface area (Å²) in [5.41, 5.74) is 0. The molecule has 0 N–H and O–H groups in total. The van der Waals surface area contributed by atoms with Crippen molar-refractivity contribution in [2.75, 3.05) is 0 Å². The van der Waals surface area contributed by atoms with Gasteiger partial charge in [-0.3, -0.25) is 8.42 Å². The van der Waals surface area contributed by atoms with Crippen molar-refractivity contribution >= 4 is 28.0 Å². The number of rotatable bonds is 0. The Morgan fingerprint density at radius 1 is 0.769 bits per heavy atom. The lowest BCUT2D eigenvalue weighted by atomic mass is 11.8. The first-order valence-electron chi connectivity index (χ1n) is 3.67. The molecule has 0 aromatic heterocycles. The Labute approximate surface area is 85.2 Å². The fraction of sp³-hybridized carbons (Fsp3) is 1.00. The van der Waals surface area contributed by atoms with Crippen LogP contribution in [0.5, 0.6) is 0 Å². The molecule has 4 nitrogen and oxygen atoms in total. The van der Waals surface area contributed by atoms with Crippen molar-refractivity contribution in [1.29, 1.82) is 0 Å². The van der Waals surface area contributed by atoms with E-state index in [-0.39, 0.29) is 17.6 Å². The van der Waals surface area contributed by atoms with Crippen molar-refractivity contribution in [2.24, 2.45) is 0 Å². The van der Waals surface area contributed by atoms with Crippen LogP contribution in [0.3, 0.4) is 0 Å². The molecule has 0 saturated carbocycles. The summed E-state index contributed by atoms with van der Waals surface area (Å²) >= 11 is 0. The minimum absolute atomic E-state index is 0.120. The Balaban J connectivity index is -0.000000117. The topological polar surface area (TPSA) is 80.3 Å². The van der Waals surface area contributed by atoms with Gasteiger partial charge < -0.3 is 9.11 Å². The third kappa shape index (κ3) is 14200. The molecule has 0 aromatic rings.